The minimum Gasteiger partial charge on any atom is -0.353 e. The van der Waals surface area contributed by atoms with Crippen LogP contribution in [0.15, 0.2) is 10.9 Å². The summed E-state index contributed by atoms with van der Waals surface area (Å²) in [6.07, 6.45) is 1.69. The van der Waals surface area contributed by atoms with E-state index in [1.165, 1.54) is 6.07 Å². The summed E-state index contributed by atoms with van der Waals surface area (Å²) in [6, 6.07) is 1.54. The maximum absolute atomic E-state index is 11.4. The van der Waals surface area contributed by atoms with Gasteiger partial charge < -0.3 is 15.6 Å². The van der Waals surface area contributed by atoms with Crippen molar-refractivity contribution in [3.8, 4) is 0 Å². The molecule has 0 spiro atoms. The fraction of sp³-hybridized carbons (Fsp3) is 0.636. The normalized spacial score (nSPS) is 18.3. The summed E-state index contributed by atoms with van der Waals surface area (Å²) in [5, 5.41) is 0. The Hall–Kier alpha value is -1.36. The number of hydrogen-bond donors (Lipinski definition) is 2. The summed E-state index contributed by atoms with van der Waals surface area (Å²) >= 11 is 0. The van der Waals surface area contributed by atoms with E-state index in [0.29, 0.717) is 0 Å². The fourth-order valence-corrected chi connectivity index (χ4v) is 1.92. The molecule has 3 N–H and O–H groups in total. The predicted octanol–water partition coefficient (Wildman–Crippen LogP) is 0.260. The van der Waals surface area contributed by atoms with Gasteiger partial charge >= 0.3 is 0 Å². The van der Waals surface area contributed by atoms with Gasteiger partial charge in [0.25, 0.3) is 5.56 Å². The molecule has 1 aliphatic rings. The topological polar surface area (TPSA) is 75.0 Å². The SMILES string of the molecule is CCc1nc(N2CC(N)(CC)C2)cc(=O)[nH]1. The number of aryl methyl sites for hydroxylation is 1. The second kappa shape index (κ2) is 3.90. The highest BCUT2D eigenvalue weighted by atomic mass is 16.1. The van der Waals surface area contributed by atoms with E-state index in [1.54, 1.807) is 0 Å². The maximum Gasteiger partial charge on any atom is 0.252 e. The zero-order valence-electron chi connectivity index (χ0n) is 9.79. The number of nitrogens with zero attached hydrogens (tertiary/aromatic N) is 2. The van der Waals surface area contributed by atoms with Crippen LogP contribution in [-0.2, 0) is 6.42 Å². The van der Waals surface area contributed by atoms with Crippen molar-refractivity contribution >= 4 is 5.82 Å². The van der Waals surface area contributed by atoms with Gasteiger partial charge in [0.1, 0.15) is 11.6 Å². The van der Waals surface area contributed by atoms with Crippen molar-refractivity contribution in [2.24, 2.45) is 5.73 Å². The van der Waals surface area contributed by atoms with Gasteiger partial charge in [-0.2, -0.15) is 0 Å². The van der Waals surface area contributed by atoms with E-state index >= 15 is 0 Å². The Morgan fingerprint density at radius 1 is 1.56 bits per heavy atom. The van der Waals surface area contributed by atoms with Crippen molar-refractivity contribution in [3.05, 3.63) is 22.2 Å². The van der Waals surface area contributed by atoms with Crippen LogP contribution in [0.25, 0.3) is 0 Å². The summed E-state index contributed by atoms with van der Waals surface area (Å²) in [5.41, 5.74) is 5.89. The van der Waals surface area contributed by atoms with Gasteiger partial charge in [0.2, 0.25) is 0 Å². The van der Waals surface area contributed by atoms with Crippen molar-refractivity contribution in [1.29, 1.82) is 0 Å². The molecule has 16 heavy (non-hydrogen) atoms. The standard InChI is InChI=1S/C11H18N4O/c1-3-8-13-9(5-10(16)14-8)15-6-11(12,4-2)7-15/h5H,3-4,6-7,12H2,1-2H3,(H,13,14,16). The number of rotatable bonds is 3. The molecule has 0 bridgehead atoms. The minimum absolute atomic E-state index is 0.0899. The summed E-state index contributed by atoms with van der Waals surface area (Å²) in [4.78, 5) is 20.5. The highest BCUT2D eigenvalue weighted by Gasteiger charge is 2.38. The van der Waals surface area contributed by atoms with Crippen LogP contribution in [-0.4, -0.2) is 28.6 Å². The van der Waals surface area contributed by atoms with Crippen LogP contribution in [0.1, 0.15) is 26.1 Å². The molecule has 2 heterocycles. The molecule has 0 atom stereocenters. The number of hydrogen-bond acceptors (Lipinski definition) is 4. The number of anilines is 1. The molecule has 1 aliphatic heterocycles. The lowest BCUT2D eigenvalue weighted by molar-refractivity contribution is 0.319. The monoisotopic (exact) mass is 222 g/mol. The highest BCUT2D eigenvalue weighted by Crippen LogP contribution is 2.25. The Morgan fingerprint density at radius 3 is 2.81 bits per heavy atom. The van der Waals surface area contributed by atoms with E-state index in [9.17, 15) is 4.79 Å². The number of nitrogens with one attached hydrogen (secondary N) is 1. The molecule has 1 aromatic rings. The van der Waals surface area contributed by atoms with Crippen molar-refractivity contribution in [3.63, 3.8) is 0 Å². The molecule has 1 saturated heterocycles. The van der Waals surface area contributed by atoms with E-state index in [4.69, 9.17) is 5.73 Å². The molecule has 0 amide bonds. The van der Waals surface area contributed by atoms with E-state index in [0.717, 1.165) is 37.6 Å². The third-order valence-corrected chi connectivity index (χ3v) is 3.15. The van der Waals surface area contributed by atoms with Gasteiger partial charge in [-0.3, -0.25) is 4.79 Å². The largest absolute Gasteiger partial charge is 0.353 e. The second-order valence-corrected chi connectivity index (χ2v) is 4.48. The Morgan fingerprint density at radius 2 is 2.25 bits per heavy atom. The first-order valence-corrected chi connectivity index (χ1v) is 5.70. The summed E-state index contributed by atoms with van der Waals surface area (Å²) in [5.74, 6) is 1.48. The molecule has 5 heteroatoms. The average Bonchev–Trinajstić information content (AvgIpc) is 2.23. The van der Waals surface area contributed by atoms with E-state index in [1.807, 2.05) is 6.92 Å². The first kappa shape index (κ1) is 11.1. The van der Waals surface area contributed by atoms with E-state index in [2.05, 4.69) is 21.8 Å². The highest BCUT2D eigenvalue weighted by molar-refractivity contribution is 5.43. The molecule has 1 aromatic heterocycles. The number of aromatic nitrogens is 2. The molecule has 0 saturated carbocycles. The molecule has 1 fully saturated rings. The van der Waals surface area contributed by atoms with Crippen LogP contribution < -0.4 is 16.2 Å². The molecule has 0 unspecified atom stereocenters. The summed E-state index contributed by atoms with van der Waals surface area (Å²) < 4.78 is 0. The third-order valence-electron chi connectivity index (χ3n) is 3.15. The molecule has 0 aromatic carbocycles. The molecule has 88 valence electrons. The Kier molecular flexibility index (Phi) is 2.71. The van der Waals surface area contributed by atoms with E-state index < -0.39 is 0 Å². The lowest BCUT2D eigenvalue weighted by Gasteiger charge is -2.48. The van der Waals surface area contributed by atoms with Crippen molar-refractivity contribution in [2.75, 3.05) is 18.0 Å². The van der Waals surface area contributed by atoms with E-state index in [-0.39, 0.29) is 11.1 Å². The first-order valence-electron chi connectivity index (χ1n) is 5.70. The maximum atomic E-state index is 11.4. The number of nitrogens with two attached hydrogens (primary N) is 1. The number of H-pyrrole nitrogens is 1. The first-order chi connectivity index (χ1) is 7.56. The summed E-state index contributed by atoms with van der Waals surface area (Å²) in [7, 11) is 0. The van der Waals surface area contributed by atoms with Gasteiger partial charge in [-0.05, 0) is 6.42 Å². The third kappa shape index (κ3) is 1.95. The van der Waals surface area contributed by atoms with Gasteiger partial charge in [0, 0.05) is 25.6 Å². The van der Waals surface area contributed by atoms with Crippen molar-refractivity contribution < 1.29 is 0 Å². The Bertz CT molecular complexity index is 434. The van der Waals surface area contributed by atoms with Gasteiger partial charge in [-0.25, -0.2) is 4.98 Å². The second-order valence-electron chi connectivity index (χ2n) is 4.48. The van der Waals surface area contributed by atoms with Gasteiger partial charge in [-0.1, -0.05) is 13.8 Å². The number of aromatic amines is 1. The van der Waals surface area contributed by atoms with Crippen LogP contribution in [0.3, 0.4) is 0 Å². The smallest absolute Gasteiger partial charge is 0.252 e. The van der Waals surface area contributed by atoms with Crippen molar-refractivity contribution in [1.82, 2.24) is 9.97 Å². The molecule has 0 aliphatic carbocycles. The molecule has 0 radical (unpaired) electrons. The van der Waals surface area contributed by atoms with Gasteiger partial charge in [-0.15, -0.1) is 0 Å². The zero-order chi connectivity index (χ0) is 11.8. The Balaban J connectivity index is 2.17. The molecular formula is C11H18N4O. The van der Waals surface area contributed by atoms with Crippen LogP contribution in [0.2, 0.25) is 0 Å². The van der Waals surface area contributed by atoms with Crippen LogP contribution >= 0.6 is 0 Å². The summed E-state index contributed by atoms with van der Waals surface area (Å²) in [6.45, 7) is 5.61. The lowest BCUT2D eigenvalue weighted by Crippen LogP contribution is -2.67. The van der Waals surface area contributed by atoms with Crippen LogP contribution in [0, 0.1) is 0 Å². The lowest BCUT2D eigenvalue weighted by atomic mass is 9.88. The minimum atomic E-state index is -0.101. The van der Waals surface area contributed by atoms with Crippen LogP contribution in [0.5, 0.6) is 0 Å². The van der Waals surface area contributed by atoms with Crippen molar-refractivity contribution in [2.45, 2.75) is 32.2 Å². The average molecular weight is 222 g/mol. The molecule has 2 rings (SSSR count). The fourth-order valence-electron chi connectivity index (χ4n) is 1.92. The Labute approximate surface area is 94.7 Å². The van der Waals surface area contributed by atoms with Gasteiger partial charge in [0.15, 0.2) is 0 Å². The quantitative estimate of drug-likeness (QED) is 0.769. The zero-order valence-corrected chi connectivity index (χ0v) is 9.79. The predicted molar refractivity (Wildman–Crippen MR) is 63.7 cm³/mol. The molecular weight excluding hydrogens is 204 g/mol. The van der Waals surface area contributed by atoms with Gasteiger partial charge in [0.05, 0.1) is 5.54 Å². The molecule has 5 nitrogen and oxygen atoms in total. The van der Waals surface area contributed by atoms with Crippen LogP contribution in [0.4, 0.5) is 5.82 Å².